The Hall–Kier alpha value is -7.18. The molecule has 66 heavy (non-hydrogen) atoms. The first-order chi connectivity index (χ1) is 32.3. The maximum atomic E-state index is 4.69. The molecule has 0 radical (unpaired) electrons. The maximum absolute atomic E-state index is 4.69. The highest BCUT2D eigenvalue weighted by molar-refractivity contribution is 5.68. The summed E-state index contributed by atoms with van der Waals surface area (Å²) in [6.07, 6.45) is 17.2. The number of imidazole rings is 1. The molecule has 1 aliphatic rings. The smallest absolute Gasteiger partial charge is 0.356 e. The molecule has 1 atom stereocenters. The lowest BCUT2D eigenvalue weighted by molar-refractivity contribution is -0.760. The van der Waals surface area contributed by atoms with Crippen molar-refractivity contribution in [3.63, 3.8) is 0 Å². The van der Waals surface area contributed by atoms with Crippen LogP contribution in [0.4, 0.5) is 40.1 Å². The molecule has 12 heteroatoms. The third-order valence-electron chi connectivity index (χ3n) is 12.2. The monoisotopic (exact) mass is 882 g/mol. The predicted molar refractivity (Wildman–Crippen MR) is 267 cm³/mol. The number of aryl methyl sites for hydroxylation is 6. The van der Waals surface area contributed by atoms with E-state index in [0.29, 0.717) is 0 Å². The fourth-order valence-electron chi connectivity index (χ4n) is 8.65. The second-order valence-electron chi connectivity index (χ2n) is 17.3. The third-order valence-corrected chi connectivity index (χ3v) is 12.2. The van der Waals surface area contributed by atoms with Crippen LogP contribution in [0.2, 0.25) is 0 Å². The van der Waals surface area contributed by atoms with Crippen LogP contribution < -0.4 is 20.1 Å². The van der Waals surface area contributed by atoms with E-state index < -0.39 is 0 Å². The largest absolute Gasteiger partial charge is 0.524 e. The molecular formula is C54H65N12+3. The van der Waals surface area contributed by atoms with Crippen molar-refractivity contribution in [1.82, 2.24) is 13.7 Å². The van der Waals surface area contributed by atoms with Crippen LogP contribution in [-0.4, -0.2) is 37.8 Å². The molecule has 0 spiro atoms. The van der Waals surface area contributed by atoms with Crippen molar-refractivity contribution in [2.45, 2.75) is 85.6 Å². The normalized spacial score (nSPS) is 13.8. The molecule has 338 valence electrons. The summed E-state index contributed by atoms with van der Waals surface area (Å²) in [5.74, 6) is 1.74. The van der Waals surface area contributed by atoms with Crippen molar-refractivity contribution in [1.29, 1.82) is 0 Å². The Balaban J connectivity index is 0.761. The van der Waals surface area contributed by atoms with Gasteiger partial charge in [0.15, 0.2) is 0 Å². The number of anilines is 4. The molecular weight excluding hydrogens is 817 g/mol. The first-order valence-corrected chi connectivity index (χ1v) is 23.6. The van der Waals surface area contributed by atoms with Gasteiger partial charge >= 0.3 is 11.9 Å². The Morgan fingerprint density at radius 2 is 1.03 bits per heavy atom. The number of quaternary nitrogens is 1. The fraction of sp³-hybridized carbons (Fsp3) is 0.296. The molecule has 0 saturated carbocycles. The molecule has 0 bridgehead atoms. The first kappa shape index (κ1) is 45.4. The maximum Gasteiger partial charge on any atom is 0.524 e. The number of nitrogens with one attached hydrogen (secondary N) is 3. The summed E-state index contributed by atoms with van der Waals surface area (Å²) in [5, 5.41) is 25.6. The molecule has 7 aromatic rings. The molecule has 8 rings (SSSR count). The van der Waals surface area contributed by atoms with Gasteiger partial charge in [0.25, 0.3) is 0 Å². The third kappa shape index (κ3) is 11.2. The van der Waals surface area contributed by atoms with Crippen LogP contribution >= 0.6 is 0 Å². The molecule has 4 heterocycles. The minimum absolute atomic E-state index is 0.808. The van der Waals surface area contributed by atoms with Crippen LogP contribution in [0.3, 0.4) is 0 Å². The average molecular weight is 882 g/mol. The molecule has 0 fully saturated rings. The van der Waals surface area contributed by atoms with Crippen LogP contribution in [0.15, 0.2) is 167 Å². The predicted octanol–water partition coefficient (Wildman–Crippen LogP) is 12.0. The summed E-state index contributed by atoms with van der Waals surface area (Å²) >= 11 is 0. The van der Waals surface area contributed by atoms with Crippen molar-refractivity contribution >= 4 is 46.0 Å². The van der Waals surface area contributed by atoms with Gasteiger partial charge in [0.1, 0.15) is 28.9 Å². The number of benzene rings is 4. The summed E-state index contributed by atoms with van der Waals surface area (Å²) in [7, 11) is 4.05. The van der Waals surface area contributed by atoms with Gasteiger partial charge in [0.2, 0.25) is 0 Å². The van der Waals surface area contributed by atoms with E-state index in [0.717, 1.165) is 110 Å². The van der Waals surface area contributed by atoms with Gasteiger partial charge in [-0.15, -0.1) is 0 Å². The molecule has 1 aliphatic heterocycles. The van der Waals surface area contributed by atoms with E-state index in [2.05, 4.69) is 175 Å². The number of azo groups is 2. The number of aromatic nitrogens is 4. The first-order valence-electron chi connectivity index (χ1n) is 23.6. The molecule has 3 N–H and O–H groups in total. The van der Waals surface area contributed by atoms with E-state index in [1.165, 1.54) is 39.1 Å². The quantitative estimate of drug-likeness (QED) is 0.0404. The van der Waals surface area contributed by atoms with E-state index in [1.54, 1.807) is 0 Å². The minimum atomic E-state index is 0.808. The van der Waals surface area contributed by atoms with Gasteiger partial charge in [-0.2, -0.15) is 9.48 Å². The lowest BCUT2D eigenvalue weighted by Gasteiger charge is -2.13. The summed E-state index contributed by atoms with van der Waals surface area (Å²) in [6.45, 7) is 10.6. The zero-order valence-electron chi connectivity index (χ0n) is 39.5. The molecule has 3 aromatic heterocycles. The Kier molecular flexibility index (Phi) is 14.9. The van der Waals surface area contributed by atoms with E-state index in [9.17, 15) is 0 Å². The van der Waals surface area contributed by atoms with Crippen molar-refractivity contribution < 1.29 is 14.0 Å². The van der Waals surface area contributed by atoms with Gasteiger partial charge in [0, 0.05) is 62.0 Å². The summed E-state index contributed by atoms with van der Waals surface area (Å²) in [5.41, 5.74) is 13.3. The SMILES string of the molecule is CCCc1ccc(C)n1-c1ccc(Nc2ccc(N=NC3=[N+](C)C=C[NH+]3CCCCCCn3cc[n+](C)c3N=Nc3ccc(Nc4ccc(-n5c(C)ccc5CCC)cc4)cc3)cc2)cc1. The van der Waals surface area contributed by atoms with E-state index in [1.807, 2.05) is 61.3 Å². The molecule has 4 aromatic carbocycles. The van der Waals surface area contributed by atoms with Crippen LogP contribution in [0, 0.1) is 13.8 Å². The van der Waals surface area contributed by atoms with Gasteiger partial charge in [-0.1, -0.05) is 38.2 Å². The topological polar surface area (TPSA) is 99.6 Å². The van der Waals surface area contributed by atoms with Crippen LogP contribution in [0.1, 0.15) is 75.1 Å². The highest BCUT2D eigenvalue weighted by Crippen LogP contribution is 2.26. The van der Waals surface area contributed by atoms with Crippen LogP contribution in [0.25, 0.3) is 11.4 Å². The number of nitrogens with zero attached hydrogens (tertiary/aromatic N) is 9. The fourth-order valence-corrected chi connectivity index (χ4v) is 8.65. The van der Waals surface area contributed by atoms with E-state index in [4.69, 9.17) is 5.11 Å². The number of guanidine groups is 1. The number of unbranched alkanes of at least 4 members (excludes halogenated alkanes) is 3. The lowest BCUT2D eigenvalue weighted by atomic mass is 10.2. The highest BCUT2D eigenvalue weighted by Gasteiger charge is 2.30. The zero-order chi connectivity index (χ0) is 45.8. The molecule has 0 saturated heterocycles. The van der Waals surface area contributed by atoms with Crippen LogP contribution in [-0.2, 0) is 26.4 Å². The standard InChI is InChI=1S/C54H62N12/c1-7-13-49-29-15-41(3)65(49)51-31-25-45(26-32-51)55-43-17-21-47(22-18-43)57-59-53-61(5)37-39-63(53)35-11-9-10-12-36-64-40-38-62(6)54(64)60-58-48-23-19-44(20-24-48)56-46-27-33-52(34-28-46)66-42(4)16-30-50(66)14-8-2/h15-34,37-40H,7-14,35-36H2,1-6H3/p+3. The summed E-state index contributed by atoms with van der Waals surface area (Å²) in [6, 6.07) is 42.3. The Bertz CT molecular complexity index is 2800. The Labute approximate surface area is 390 Å². The second-order valence-corrected chi connectivity index (χ2v) is 17.3. The summed E-state index contributed by atoms with van der Waals surface area (Å²) in [4.78, 5) is 1.22. The van der Waals surface area contributed by atoms with E-state index >= 15 is 0 Å². The second kappa shape index (κ2) is 21.7. The minimum Gasteiger partial charge on any atom is -0.356 e. The van der Waals surface area contributed by atoms with Crippen molar-refractivity contribution in [2.75, 3.05) is 24.2 Å². The Morgan fingerprint density at radius 1 is 0.545 bits per heavy atom. The highest BCUT2D eigenvalue weighted by atomic mass is 15.4. The Morgan fingerprint density at radius 3 is 1.55 bits per heavy atom. The molecule has 1 unspecified atom stereocenters. The molecule has 12 nitrogen and oxygen atoms in total. The average Bonchev–Trinajstić information content (AvgIpc) is 4.09. The van der Waals surface area contributed by atoms with Gasteiger partial charge in [-0.05, 0) is 172 Å². The number of rotatable bonds is 20. The van der Waals surface area contributed by atoms with Gasteiger partial charge in [-0.3, -0.25) is 0 Å². The van der Waals surface area contributed by atoms with Crippen LogP contribution in [0.5, 0.6) is 0 Å². The van der Waals surface area contributed by atoms with Gasteiger partial charge < -0.3 is 19.8 Å². The van der Waals surface area contributed by atoms with E-state index in [-0.39, 0.29) is 0 Å². The number of hydrogen-bond acceptors (Lipinski definition) is 6. The zero-order valence-corrected chi connectivity index (χ0v) is 39.5. The van der Waals surface area contributed by atoms with Gasteiger partial charge in [0.05, 0.1) is 39.6 Å². The number of hydrogen-bond donors (Lipinski definition) is 3. The van der Waals surface area contributed by atoms with Crippen molar-refractivity contribution in [3.8, 4) is 11.4 Å². The lowest BCUT2D eigenvalue weighted by Crippen LogP contribution is -3.09. The van der Waals surface area contributed by atoms with Crippen molar-refractivity contribution in [2.24, 2.45) is 27.5 Å². The molecule has 0 aliphatic carbocycles. The van der Waals surface area contributed by atoms with Crippen molar-refractivity contribution in [3.05, 3.63) is 169 Å². The summed E-state index contributed by atoms with van der Waals surface area (Å²) < 4.78 is 11.0. The molecule has 0 amide bonds. The van der Waals surface area contributed by atoms with Gasteiger partial charge in [-0.25, -0.2) is 9.13 Å².